The number of aryl methyl sites for hydroxylation is 2. The van der Waals surface area contributed by atoms with Gasteiger partial charge in [0.2, 0.25) is 5.91 Å². The molecule has 2 heterocycles. The van der Waals surface area contributed by atoms with Crippen LogP contribution in [0.4, 0.5) is 0 Å². The summed E-state index contributed by atoms with van der Waals surface area (Å²) in [6, 6.07) is 16.9. The SMILES string of the molecule is Cc1cccc(Cc2cc3cccc(-n4nc(C)c(C(=O)NCC(N)=O)c4C)c3s2)c1. The lowest BCUT2D eigenvalue weighted by molar-refractivity contribution is -0.117. The molecule has 158 valence electrons. The van der Waals surface area contributed by atoms with E-state index in [-0.39, 0.29) is 12.5 Å². The summed E-state index contributed by atoms with van der Waals surface area (Å²) in [7, 11) is 0. The number of rotatable bonds is 6. The highest BCUT2D eigenvalue weighted by Crippen LogP contribution is 2.33. The quantitative estimate of drug-likeness (QED) is 0.485. The van der Waals surface area contributed by atoms with Crippen LogP contribution in [0.1, 0.15) is 37.7 Å². The van der Waals surface area contributed by atoms with Crippen molar-refractivity contribution in [1.82, 2.24) is 15.1 Å². The van der Waals surface area contributed by atoms with Crippen LogP contribution in [0.5, 0.6) is 0 Å². The van der Waals surface area contributed by atoms with Crippen LogP contribution in [0.25, 0.3) is 15.8 Å². The summed E-state index contributed by atoms with van der Waals surface area (Å²) in [5.41, 5.74) is 10.4. The molecule has 0 fully saturated rings. The van der Waals surface area contributed by atoms with E-state index in [0.717, 1.165) is 27.9 Å². The van der Waals surface area contributed by atoms with Crippen LogP contribution >= 0.6 is 11.3 Å². The number of carbonyl (C=O) groups is 2. The Hall–Kier alpha value is -3.45. The van der Waals surface area contributed by atoms with Gasteiger partial charge in [0.05, 0.1) is 33.9 Å². The fourth-order valence-corrected chi connectivity index (χ4v) is 5.03. The van der Waals surface area contributed by atoms with E-state index in [9.17, 15) is 9.59 Å². The van der Waals surface area contributed by atoms with Gasteiger partial charge in [-0.2, -0.15) is 5.10 Å². The first-order chi connectivity index (χ1) is 14.8. The van der Waals surface area contributed by atoms with Crippen molar-refractivity contribution >= 4 is 33.2 Å². The van der Waals surface area contributed by atoms with Crippen LogP contribution in [0.3, 0.4) is 0 Å². The molecule has 0 aliphatic rings. The summed E-state index contributed by atoms with van der Waals surface area (Å²) in [6.45, 7) is 5.55. The number of thiophene rings is 1. The number of aromatic nitrogens is 2. The molecule has 4 rings (SSSR count). The zero-order valence-corrected chi connectivity index (χ0v) is 18.5. The van der Waals surface area contributed by atoms with Crippen molar-refractivity contribution in [2.24, 2.45) is 5.73 Å². The monoisotopic (exact) mass is 432 g/mol. The van der Waals surface area contributed by atoms with Crippen molar-refractivity contribution in [1.29, 1.82) is 0 Å². The Balaban J connectivity index is 1.72. The molecule has 31 heavy (non-hydrogen) atoms. The lowest BCUT2D eigenvalue weighted by Crippen LogP contribution is -2.33. The number of nitrogens with zero attached hydrogens (tertiary/aromatic N) is 2. The van der Waals surface area contributed by atoms with Gasteiger partial charge in [-0.3, -0.25) is 9.59 Å². The molecule has 0 unspecified atom stereocenters. The zero-order chi connectivity index (χ0) is 22.1. The van der Waals surface area contributed by atoms with Crippen molar-refractivity contribution in [3.05, 3.63) is 81.5 Å². The molecule has 6 nitrogen and oxygen atoms in total. The van der Waals surface area contributed by atoms with E-state index in [1.165, 1.54) is 16.0 Å². The first-order valence-corrected chi connectivity index (χ1v) is 10.8. The molecular weight excluding hydrogens is 408 g/mol. The fraction of sp³-hybridized carbons (Fsp3) is 0.208. The highest BCUT2D eigenvalue weighted by Gasteiger charge is 2.21. The lowest BCUT2D eigenvalue weighted by Gasteiger charge is -2.07. The minimum absolute atomic E-state index is 0.203. The average molecular weight is 433 g/mol. The number of nitrogens with one attached hydrogen (secondary N) is 1. The first-order valence-electron chi connectivity index (χ1n) is 10.0. The second kappa shape index (κ2) is 8.35. The Morgan fingerprint density at radius 3 is 2.61 bits per heavy atom. The molecule has 0 saturated carbocycles. The molecule has 7 heteroatoms. The van der Waals surface area contributed by atoms with Gasteiger partial charge >= 0.3 is 0 Å². The molecule has 0 bridgehead atoms. The third-order valence-corrected chi connectivity index (χ3v) is 6.38. The maximum Gasteiger partial charge on any atom is 0.255 e. The molecule has 3 N–H and O–H groups in total. The second-order valence-corrected chi connectivity index (χ2v) is 8.82. The number of hydrogen-bond acceptors (Lipinski definition) is 4. The van der Waals surface area contributed by atoms with E-state index in [4.69, 9.17) is 5.73 Å². The molecule has 0 aliphatic heterocycles. The zero-order valence-electron chi connectivity index (χ0n) is 17.7. The Morgan fingerprint density at radius 1 is 1.10 bits per heavy atom. The number of primary amides is 1. The predicted molar refractivity (Wildman–Crippen MR) is 124 cm³/mol. The minimum Gasteiger partial charge on any atom is -0.368 e. The number of carbonyl (C=O) groups excluding carboxylic acids is 2. The number of fused-ring (bicyclic) bond motifs is 1. The van der Waals surface area contributed by atoms with Crippen LogP contribution in [-0.4, -0.2) is 28.1 Å². The van der Waals surface area contributed by atoms with E-state index in [0.29, 0.717) is 11.3 Å². The molecule has 4 aromatic rings. The molecular formula is C24H24N4O2S. The number of hydrogen-bond donors (Lipinski definition) is 2. The van der Waals surface area contributed by atoms with Gasteiger partial charge in [-0.25, -0.2) is 4.68 Å². The van der Waals surface area contributed by atoms with Gasteiger partial charge in [-0.15, -0.1) is 11.3 Å². The average Bonchev–Trinajstić information content (AvgIpc) is 3.25. The summed E-state index contributed by atoms with van der Waals surface area (Å²) in [5, 5.41) is 8.33. The van der Waals surface area contributed by atoms with Gasteiger partial charge in [-0.1, -0.05) is 42.0 Å². The van der Waals surface area contributed by atoms with Crippen molar-refractivity contribution in [3.8, 4) is 5.69 Å². The third-order valence-electron chi connectivity index (χ3n) is 5.20. The van der Waals surface area contributed by atoms with Crippen molar-refractivity contribution in [2.45, 2.75) is 27.2 Å². The number of amides is 2. The van der Waals surface area contributed by atoms with Gasteiger partial charge in [0, 0.05) is 11.3 Å². The summed E-state index contributed by atoms with van der Waals surface area (Å²) in [5.74, 6) is -0.931. The molecule has 2 aromatic heterocycles. The molecule has 0 atom stereocenters. The van der Waals surface area contributed by atoms with Crippen molar-refractivity contribution in [3.63, 3.8) is 0 Å². The Bertz CT molecular complexity index is 1300. The van der Waals surface area contributed by atoms with Gasteiger partial charge in [0.15, 0.2) is 0 Å². The van der Waals surface area contributed by atoms with Gasteiger partial charge in [-0.05, 0) is 43.9 Å². The Morgan fingerprint density at radius 2 is 1.87 bits per heavy atom. The van der Waals surface area contributed by atoms with Crippen LogP contribution in [0.2, 0.25) is 0 Å². The van der Waals surface area contributed by atoms with Crippen LogP contribution in [0.15, 0.2) is 48.5 Å². The molecule has 2 aromatic carbocycles. The van der Waals surface area contributed by atoms with Gasteiger partial charge < -0.3 is 11.1 Å². The Labute approximate surface area is 184 Å². The maximum absolute atomic E-state index is 12.6. The molecule has 0 aliphatic carbocycles. The Kier molecular flexibility index (Phi) is 5.61. The highest BCUT2D eigenvalue weighted by molar-refractivity contribution is 7.19. The lowest BCUT2D eigenvalue weighted by atomic mass is 10.1. The minimum atomic E-state index is -0.583. The van der Waals surface area contributed by atoms with Crippen LogP contribution < -0.4 is 11.1 Å². The smallest absolute Gasteiger partial charge is 0.255 e. The largest absolute Gasteiger partial charge is 0.368 e. The van der Waals surface area contributed by atoms with Crippen LogP contribution in [-0.2, 0) is 11.2 Å². The predicted octanol–water partition coefficient (Wildman–Crippen LogP) is 3.82. The fourth-order valence-electron chi connectivity index (χ4n) is 3.84. The van der Waals surface area contributed by atoms with E-state index in [1.54, 1.807) is 18.3 Å². The van der Waals surface area contributed by atoms with E-state index in [2.05, 4.69) is 53.7 Å². The first kappa shape index (κ1) is 20.8. The molecule has 2 amide bonds. The van der Waals surface area contributed by atoms with E-state index >= 15 is 0 Å². The number of benzene rings is 2. The van der Waals surface area contributed by atoms with Crippen molar-refractivity contribution < 1.29 is 9.59 Å². The molecule has 0 spiro atoms. The summed E-state index contributed by atoms with van der Waals surface area (Å²) in [6.07, 6.45) is 0.873. The highest BCUT2D eigenvalue weighted by atomic mass is 32.1. The summed E-state index contributed by atoms with van der Waals surface area (Å²) < 4.78 is 2.93. The van der Waals surface area contributed by atoms with Crippen molar-refractivity contribution in [2.75, 3.05) is 6.54 Å². The normalized spacial score (nSPS) is 11.1. The number of nitrogens with two attached hydrogens (primary N) is 1. The third kappa shape index (κ3) is 4.22. The molecule has 0 saturated heterocycles. The topological polar surface area (TPSA) is 90.0 Å². The van der Waals surface area contributed by atoms with E-state index in [1.807, 2.05) is 23.7 Å². The molecule has 0 radical (unpaired) electrons. The maximum atomic E-state index is 12.6. The summed E-state index contributed by atoms with van der Waals surface area (Å²) >= 11 is 1.74. The standard InChI is InChI=1S/C24H24N4O2S/c1-14-6-4-7-17(10-14)11-19-12-18-8-5-9-20(23(18)31-19)28-16(3)22(15(2)27-28)24(30)26-13-21(25)29/h4-10,12H,11,13H2,1-3H3,(H2,25,29)(H,26,30). The van der Waals surface area contributed by atoms with Gasteiger partial charge in [0.25, 0.3) is 5.91 Å². The second-order valence-electron chi connectivity index (χ2n) is 7.68. The van der Waals surface area contributed by atoms with Gasteiger partial charge in [0.1, 0.15) is 0 Å². The van der Waals surface area contributed by atoms with Crippen LogP contribution in [0, 0.1) is 20.8 Å². The van der Waals surface area contributed by atoms with E-state index < -0.39 is 5.91 Å². The summed E-state index contributed by atoms with van der Waals surface area (Å²) in [4.78, 5) is 24.9.